The number of pyridine rings is 1. The Bertz CT molecular complexity index is 1090. The molecule has 7 heteroatoms. The van der Waals surface area contributed by atoms with Crippen molar-refractivity contribution in [1.29, 1.82) is 0 Å². The van der Waals surface area contributed by atoms with Gasteiger partial charge in [-0.05, 0) is 112 Å². The van der Waals surface area contributed by atoms with Crippen molar-refractivity contribution in [2.75, 3.05) is 40.0 Å². The number of carbonyl (C=O) groups is 1. The van der Waals surface area contributed by atoms with E-state index in [2.05, 4.69) is 17.0 Å². The molecule has 6 nitrogen and oxygen atoms in total. The number of methoxy groups -OCH3 is 1. The third kappa shape index (κ3) is 6.61. The molecule has 1 aliphatic carbocycles. The van der Waals surface area contributed by atoms with E-state index < -0.39 is 6.04 Å². The second-order valence-corrected chi connectivity index (χ2v) is 11.0. The Kier molecular flexibility index (Phi) is 9.41. The Balaban J connectivity index is 1.15. The van der Waals surface area contributed by atoms with E-state index >= 15 is 0 Å². The lowest BCUT2D eigenvalue weighted by Gasteiger charge is -2.31. The Labute approximate surface area is 225 Å². The van der Waals surface area contributed by atoms with Gasteiger partial charge >= 0.3 is 5.97 Å². The summed E-state index contributed by atoms with van der Waals surface area (Å²) in [5.41, 5.74) is 5.44. The molecule has 2 saturated heterocycles. The average Bonchev–Trinajstić information content (AvgIpc) is 3.41. The van der Waals surface area contributed by atoms with Crippen LogP contribution >= 0.6 is 0 Å². The van der Waals surface area contributed by atoms with Crippen molar-refractivity contribution in [2.45, 2.75) is 76.4 Å². The van der Waals surface area contributed by atoms with Crippen LogP contribution in [0.2, 0.25) is 0 Å². The van der Waals surface area contributed by atoms with Gasteiger partial charge < -0.3 is 14.2 Å². The fourth-order valence-electron chi connectivity index (χ4n) is 6.25. The minimum Gasteiger partial charge on any atom is -0.468 e. The predicted molar refractivity (Wildman–Crippen MR) is 143 cm³/mol. The van der Waals surface area contributed by atoms with Crippen molar-refractivity contribution in [3.63, 3.8) is 0 Å². The van der Waals surface area contributed by atoms with Gasteiger partial charge in [-0.15, -0.1) is 0 Å². The van der Waals surface area contributed by atoms with Crippen molar-refractivity contribution in [3.05, 3.63) is 64.2 Å². The van der Waals surface area contributed by atoms with Gasteiger partial charge in [-0.2, -0.15) is 0 Å². The topological polar surface area (TPSA) is 60.9 Å². The predicted octanol–water partition coefficient (Wildman–Crippen LogP) is 5.53. The number of likely N-dealkylation sites (tertiary alicyclic amines) is 1. The molecule has 0 radical (unpaired) electrons. The number of benzene rings is 1. The number of hydrogen-bond acceptors (Lipinski definition) is 6. The molecule has 3 atom stereocenters. The SMILES string of the molecule is COC(=O)C(c1cc(F)ccc1[C@@H]1CCCCO1)N1CC[C@@H](COCCCc2ccc3c(n2)CCCC3)C1. The minimum atomic E-state index is -0.642. The quantitative estimate of drug-likeness (QED) is 0.301. The van der Waals surface area contributed by atoms with Crippen LogP contribution in [0.25, 0.3) is 0 Å². The number of fused-ring (bicyclic) bond motifs is 1. The van der Waals surface area contributed by atoms with Crippen molar-refractivity contribution in [1.82, 2.24) is 9.88 Å². The molecule has 2 fully saturated rings. The zero-order chi connectivity index (χ0) is 26.3. The molecular weight excluding hydrogens is 483 g/mol. The van der Waals surface area contributed by atoms with Crippen LogP contribution in [0.5, 0.6) is 0 Å². The summed E-state index contributed by atoms with van der Waals surface area (Å²) in [4.78, 5) is 20.0. The highest BCUT2D eigenvalue weighted by Crippen LogP contribution is 2.37. The summed E-state index contributed by atoms with van der Waals surface area (Å²) in [7, 11) is 1.40. The molecule has 1 unspecified atom stereocenters. The molecule has 0 amide bonds. The number of rotatable bonds is 10. The van der Waals surface area contributed by atoms with Gasteiger partial charge in [0.25, 0.3) is 0 Å². The highest BCUT2D eigenvalue weighted by molar-refractivity contribution is 5.78. The van der Waals surface area contributed by atoms with Crippen molar-refractivity contribution >= 4 is 5.97 Å². The molecule has 1 aromatic heterocycles. The molecule has 5 rings (SSSR count). The molecule has 3 heterocycles. The summed E-state index contributed by atoms with van der Waals surface area (Å²) in [5.74, 6) is -0.375. The van der Waals surface area contributed by atoms with Gasteiger partial charge in [-0.3, -0.25) is 9.88 Å². The Morgan fingerprint density at radius 2 is 2.05 bits per heavy atom. The van der Waals surface area contributed by atoms with E-state index in [4.69, 9.17) is 19.2 Å². The first kappa shape index (κ1) is 27.2. The molecule has 38 heavy (non-hydrogen) atoms. The van der Waals surface area contributed by atoms with Crippen LogP contribution in [0.4, 0.5) is 4.39 Å². The number of nitrogens with zero attached hydrogens (tertiary/aromatic N) is 2. The number of halogens is 1. The maximum Gasteiger partial charge on any atom is 0.327 e. The fourth-order valence-corrected chi connectivity index (χ4v) is 6.25. The highest BCUT2D eigenvalue weighted by atomic mass is 19.1. The van der Waals surface area contributed by atoms with E-state index in [-0.39, 0.29) is 17.9 Å². The van der Waals surface area contributed by atoms with Crippen molar-refractivity contribution in [3.8, 4) is 0 Å². The molecular formula is C31H41FN2O4. The number of aryl methyl sites for hydroxylation is 3. The molecule has 2 aliphatic heterocycles. The zero-order valence-corrected chi connectivity index (χ0v) is 22.6. The van der Waals surface area contributed by atoms with Gasteiger partial charge in [-0.1, -0.05) is 12.1 Å². The molecule has 0 spiro atoms. The summed E-state index contributed by atoms with van der Waals surface area (Å²) < 4.78 is 31.7. The summed E-state index contributed by atoms with van der Waals surface area (Å²) in [6.07, 6.45) is 10.5. The average molecular weight is 525 g/mol. The molecule has 206 valence electrons. The van der Waals surface area contributed by atoms with Crippen LogP contribution in [0, 0.1) is 11.7 Å². The van der Waals surface area contributed by atoms with Gasteiger partial charge in [0, 0.05) is 31.1 Å². The molecule has 0 N–H and O–H groups in total. The number of esters is 1. The van der Waals surface area contributed by atoms with Crippen molar-refractivity contribution < 1.29 is 23.4 Å². The van der Waals surface area contributed by atoms with E-state index in [0.29, 0.717) is 37.8 Å². The molecule has 3 aliphatic rings. The summed E-state index contributed by atoms with van der Waals surface area (Å²) in [6, 6.07) is 8.53. The van der Waals surface area contributed by atoms with Gasteiger partial charge in [0.2, 0.25) is 0 Å². The summed E-state index contributed by atoms with van der Waals surface area (Å²) >= 11 is 0. The van der Waals surface area contributed by atoms with Gasteiger partial charge in [0.15, 0.2) is 0 Å². The lowest BCUT2D eigenvalue weighted by atomic mass is 9.92. The van der Waals surface area contributed by atoms with E-state index in [1.54, 1.807) is 6.07 Å². The van der Waals surface area contributed by atoms with Gasteiger partial charge in [0.1, 0.15) is 11.9 Å². The zero-order valence-electron chi connectivity index (χ0n) is 22.6. The third-order valence-corrected chi connectivity index (χ3v) is 8.29. The standard InChI is InChI=1S/C31H41FN2O4/c1-36-31(35)30(27-19-24(32)12-14-26(27)29-10-4-5-18-38-29)34-16-15-22(20-34)21-37-17-6-8-25-13-11-23-7-2-3-9-28(23)33-25/h11-14,19,22,29-30H,2-10,15-18,20-21H2,1H3/t22-,29+,30?/m1/s1. The van der Waals surface area contributed by atoms with Crippen molar-refractivity contribution in [2.24, 2.45) is 5.92 Å². The molecule has 2 aromatic rings. The Morgan fingerprint density at radius 1 is 1.16 bits per heavy atom. The van der Waals surface area contributed by atoms with Crippen LogP contribution in [0.15, 0.2) is 30.3 Å². The first-order valence-corrected chi connectivity index (χ1v) is 14.4. The van der Waals surface area contributed by atoms with Gasteiger partial charge in [0.05, 0.1) is 19.8 Å². The number of ether oxygens (including phenoxy) is 3. The highest BCUT2D eigenvalue weighted by Gasteiger charge is 2.37. The number of hydrogen-bond donors (Lipinski definition) is 0. The van der Waals surface area contributed by atoms with Crippen LogP contribution in [0.1, 0.15) is 85.2 Å². The Morgan fingerprint density at radius 3 is 2.89 bits per heavy atom. The van der Waals surface area contributed by atoms with E-state index in [1.807, 2.05) is 0 Å². The molecule has 0 saturated carbocycles. The van der Waals surface area contributed by atoms with Crippen LogP contribution < -0.4 is 0 Å². The lowest BCUT2D eigenvalue weighted by molar-refractivity contribution is -0.147. The van der Waals surface area contributed by atoms with Gasteiger partial charge in [-0.25, -0.2) is 9.18 Å². The maximum atomic E-state index is 14.4. The van der Waals surface area contributed by atoms with E-state index in [9.17, 15) is 9.18 Å². The van der Waals surface area contributed by atoms with E-state index in [0.717, 1.165) is 69.2 Å². The first-order valence-electron chi connectivity index (χ1n) is 14.4. The summed E-state index contributed by atoms with van der Waals surface area (Å²) in [5, 5.41) is 0. The van der Waals surface area contributed by atoms with Crippen LogP contribution in [0.3, 0.4) is 0 Å². The second kappa shape index (κ2) is 13.1. The largest absolute Gasteiger partial charge is 0.468 e. The first-order chi connectivity index (χ1) is 18.6. The maximum absolute atomic E-state index is 14.4. The normalized spacial score (nSPS) is 22.7. The second-order valence-electron chi connectivity index (χ2n) is 11.0. The van der Waals surface area contributed by atoms with Crippen LogP contribution in [-0.2, 0) is 38.3 Å². The third-order valence-electron chi connectivity index (χ3n) is 8.29. The monoisotopic (exact) mass is 524 g/mol. The molecule has 0 bridgehead atoms. The summed E-state index contributed by atoms with van der Waals surface area (Å²) in [6.45, 7) is 3.50. The van der Waals surface area contributed by atoms with Crippen LogP contribution in [-0.4, -0.2) is 55.9 Å². The minimum absolute atomic E-state index is 0.113. The number of aromatic nitrogens is 1. The fraction of sp³-hybridized carbons (Fsp3) is 0.613. The smallest absolute Gasteiger partial charge is 0.327 e. The van der Waals surface area contributed by atoms with E-state index in [1.165, 1.54) is 43.3 Å². The molecule has 1 aromatic carbocycles. The number of carbonyl (C=O) groups excluding carboxylic acids is 1. The lowest BCUT2D eigenvalue weighted by Crippen LogP contribution is -2.35. The Hall–Kier alpha value is -2.35.